The first kappa shape index (κ1) is 15.9. The molecule has 6 nitrogen and oxygen atoms in total. The molecule has 1 saturated heterocycles. The zero-order valence-electron chi connectivity index (χ0n) is 12.6. The minimum atomic E-state index is -0.281. The van der Waals surface area contributed by atoms with E-state index in [0.29, 0.717) is 19.7 Å². The smallest absolute Gasteiger partial charge is 0.225 e. The largest absolute Gasteiger partial charge is 0.383 e. The molecule has 116 valence electrons. The monoisotopic (exact) mass is 311 g/mol. The second-order valence-electron chi connectivity index (χ2n) is 5.26. The molecule has 1 aliphatic rings. The van der Waals surface area contributed by atoms with Crippen LogP contribution in [0.3, 0.4) is 0 Å². The summed E-state index contributed by atoms with van der Waals surface area (Å²) in [4.78, 5) is 30.1. The summed E-state index contributed by atoms with van der Waals surface area (Å²) in [7, 11) is 1.60. The maximum atomic E-state index is 12.3. The first-order valence-corrected chi connectivity index (χ1v) is 7.88. The maximum absolute atomic E-state index is 12.3. The SMILES string of the molecule is COCCN1CC(C(=O)NC(C)c2csc(C)n2)CC1=O. The molecule has 0 aliphatic carbocycles. The third-order valence-electron chi connectivity index (χ3n) is 3.59. The molecule has 0 spiro atoms. The van der Waals surface area contributed by atoms with Crippen LogP contribution in [0, 0.1) is 12.8 Å². The Morgan fingerprint density at radius 1 is 1.67 bits per heavy atom. The van der Waals surface area contributed by atoms with E-state index in [0.717, 1.165) is 10.7 Å². The van der Waals surface area contributed by atoms with E-state index in [1.54, 1.807) is 23.3 Å². The lowest BCUT2D eigenvalue weighted by Crippen LogP contribution is -2.35. The van der Waals surface area contributed by atoms with E-state index in [9.17, 15) is 9.59 Å². The lowest BCUT2D eigenvalue weighted by atomic mass is 10.1. The number of ether oxygens (including phenoxy) is 1. The van der Waals surface area contributed by atoms with Gasteiger partial charge in [0.05, 0.1) is 29.3 Å². The molecule has 2 heterocycles. The Bertz CT molecular complexity index is 517. The van der Waals surface area contributed by atoms with E-state index >= 15 is 0 Å². The molecule has 1 aliphatic heterocycles. The third-order valence-corrected chi connectivity index (χ3v) is 4.38. The molecule has 0 aromatic carbocycles. The van der Waals surface area contributed by atoms with Gasteiger partial charge in [-0.15, -0.1) is 11.3 Å². The normalized spacial score (nSPS) is 19.9. The number of hydrogen-bond acceptors (Lipinski definition) is 5. The van der Waals surface area contributed by atoms with Crippen LogP contribution in [-0.4, -0.2) is 48.5 Å². The number of nitrogens with one attached hydrogen (secondary N) is 1. The van der Waals surface area contributed by atoms with Gasteiger partial charge in [0.25, 0.3) is 0 Å². The third kappa shape index (κ3) is 4.01. The molecule has 1 aromatic rings. The van der Waals surface area contributed by atoms with Crippen molar-refractivity contribution in [3.05, 3.63) is 16.1 Å². The van der Waals surface area contributed by atoms with Gasteiger partial charge in [0.2, 0.25) is 11.8 Å². The lowest BCUT2D eigenvalue weighted by molar-refractivity contribution is -0.129. The summed E-state index contributed by atoms with van der Waals surface area (Å²) >= 11 is 1.56. The molecule has 1 N–H and O–H groups in total. The number of amides is 2. The van der Waals surface area contributed by atoms with Gasteiger partial charge in [0.15, 0.2) is 0 Å². The highest BCUT2D eigenvalue weighted by Gasteiger charge is 2.34. The number of likely N-dealkylation sites (tertiary alicyclic amines) is 1. The lowest BCUT2D eigenvalue weighted by Gasteiger charge is -2.17. The molecular weight excluding hydrogens is 290 g/mol. The highest BCUT2D eigenvalue weighted by molar-refractivity contribution is 7.09. The van der Waals surface area contributed by atoms with Crippen molar-refractivity contribution in [3.63, 3.8) is 0 Å². The first-order valence-electron chi connectivity index (χ1n) is 7.00. The Morgan fingerprint density at radius 2 is 2.43 bits per heavy atom. The van der Waals surface area contributed by atoms with Crippen molar-refractivity contribution in [3.8, 4) is 0 Å². The molecule has 7 heteroatoms. The van der Waals surface area contributed by atoms with Crippen LogP contribution in [0.1, 0.15) is 30.1 Å². The van der Waals surface area contributed by atoms with Gasteiger partial charge in [0.1, 0.15) is 0 Å². The Labute approximate surface area is 128 Å². The number of hydrogen-bond donors (Lipinski definition) is 1. The highest BCUT2D eigenvalue weighted by Crippen LogP contribution is 2.20. The van der Waals surface area contributed by atoms with E-state index in [-0.39, 0.29) is 30.2 Å². The number of carbonyl (C=O) groups excluding carboxylic acids is 2. The van der Waals surface area contributed by atoms with Crippen LogP contribution in [-0.2, 0) is 14.3 Å². The minimum Gasteiger partial charge on any atom is -0.383 e. The van der Waals surface area contributed by atoms with Gasteiger partial charge in [-0.1, -0.05) is 0 Å². The molecule has 21 heavy (non-hydrogen) atoms. The molecule has 1 aromatic heterocycles. The number of thiazole rings is 1. The average Bonchev–Trinajstić information content (AvgIpc) is 3.03. The number of carbonyl (C=O) groups is 2. The molecule has 2 atom stereocenters. The van der Waals surface area contributed by atoms with Gasteiger partial charge in [0, 0.05) is 32.0 Å². The van der Waals surface area contributed by atoms with Crippen molar-refractivity contribution in [1.82, 2.24) is 15.2 Å². The molecular formula is C14H21N3O3S. The zero-order chi connectivity index (χ0) is 15.4. The zero-order valence-corrected chi connectivity index (χ0v) is 13.4. The Morgan fingerprint density at radius 3 is 3.05 bits per heavy atom. The van der Waals surface area contributed by atoms with Gasteiger partial charge in [-0.2, -0.15) is 0 Å². The van der Waals surface area contributed by atoms with E-state index in [1.807, 2.05) is 19.2 Å². The Balaban J connectivity index is 1.88. The quantitative estimate of drug-likeness (QED) is 0.855. The van der Waals surface area contributed by atoms with Crippen molar-refractivity contribution >= 4 is 23.2 Å². The molecule has 2 amide bonds. The van der Waals surface area contributed by atoms with Crippen LogP contribution in [0.15, 0.2) is 5.38 Å². The summed E-state index contributed by atoms with van der Waals surface area (Å²) < 4.78 is 4.97. The van der Waals surface area contributed by atoms with Crippen LogP contribution in [0.5, 0.6) is 0 Å². The van der Waals surface area contributed by atoms with Gasteiger partial charge in [-0.3, -0.25) is 9.59 Å². The summed E-state index contributed by atoms with van der Waals surface area (Å²) in [5, 5.41) is 5.87. The molecule has 0 bridgehead atoms. The highest BCUT2D eigenvalue weighted by atomic mass is 32.1. The molecule has 0 radical (unpaired) electrons. The fourth-order valence-electron chi connectivity index (χ4n) is 2.35. The summed E-state index contributed by atoms with van der Waals surface area (Å²) in [6, 6.07) is -0.134. The second-order valence-corrected chi connectivity index (χ2v) is 6.32. The predicted molar refractivity (Wildman–Crippen MR) is 80.0 cm³/mol. The van der Waals surface area contributed by atoms with Crippen molar-refractivity contribution in [1.29, 1.82) is 0 Å². The average molecular weight is 311 g/mol. The van der Waals surface area contributed by atoms with E-state index in [1.165, 1.54) is 0 Å². The number of methoxy groups -OCH3 is 1. The Kier molecular flexibility index (Phi) is 5.30. The van der Waals surface area contributed by atoms with E-state index in [2.05, 4.69) is 10.3 Å². The summed E-state index contributed by atoms with van der Waals surface area (Å²) in [6.45, 7) is 5.35. The van der Waals surface area contributed by atoms with Crippen LogP contribution >= 0.6 is 11.3 Å². The van der Waals surface area contributed by atoms with Crippen LogP contribution < -0.4 is 5.32 Å². The van der Waals surface area contributed by atoms with E-state index in [4.69, 9.17) is 4.74 Å². The van der Waals surface area contributed by atoms with Gasteiger partial charge in [-0.05, 0) is 13.8 Å². The fraction of sp³-hybridized carbons (Fsp3) is 0.643. The van der Waals surface area contributed by atoms with Crippen LogP contribution in [0.4, 0.5) is 0 Å². The molecule has 1 fully saturated rings. The topological polar surface area (TPSA) is 71.5 Å². The van der Waals surface area contributed by atoms with Gasteiger partial charge in [-0.25, -0.2) is 4.98 Å². The summed E-state index contributed by atoms with van der Waals surface area (Å²) in [5.74, 6) is -0.345. The number of nitrogens with zero attached hydrogens (tertiary/aromatic N) is 2. The van der Waals surface area contributed by atoms with Crippen molar-refractivity contribution in [2.45, 2.75) is 26.3 Å². The van der Waals surface area contributed by atoms with Crippen LogP contribution in [0.25, 0.3) is 0 Å². The number of rotatable bonds is 6. The molecule has 2 rings (SSSR count). The number of aromatic nitrogens is 1. The predicted octanol–water partition coefficient (Wildman–Crippen LogP) is 1.12. The van der Waals surface area contributed by atoms with E-state index < -0.39 is 0 Å². The Hall–Kier alpha value is -1.47. The first-order chi connectivity index (χ1) is 10.0. The van der Waals surface area contributed by atoms with Crippen molar-refractivity contribution in [2.75, 3.05) is 26.8 Å². The fourth-order valence-corrected chi connectivity index (χ4v) is 3.06. The maximum Gasteiger partial charge on any atom is 0.225 e. The van der Waals surface area contributed by atoms with Crippen molar-refractivity contribution in [2.24, 2.45) is 5.92 Å². The summed E-state index contributed by atoms with van der Waals surface area (Å²) in [5.41, 5.74) is 0.867. The van der Waals surface area contributed by atoms with Gasteiger partial charge >= 0.3 is 0 Å². The second kappa shape index (κ2) is 7.00. The minimum absolute atomic E-state index is 0.0179. The molecule has 2 unspecified atom stereocenters. The number of aryl methyl sites for hydroxylation is 1. The summed E-state index contributed by atoms with van der Waals surface area (Å²) in [6.07, 6.45) is 0.276. The standard InChI is InChI=1S/C14H21N3O3S/c1-9(12-8-21-10(2)16-12)15-14(19)11-6-13(18)17(7-11)4-5-20-3/h8-9,11H,4-7H2,1-3H3,(H,15,19). The van der Waals surface area contributed by atoms with Gasteiger partial charge < -0.3 is 15.0 Å². The van der Waals surface area contributed by atoms with Crippen LogP contribution in [0.2, 0.25) is 0 Å². The molecule has 0 saturated carbocycles. The van der Waals surface area contributed by atoms with Crippen molar-refractivity contribution < 1.29 is 14.3 Å².